The highest BCUT2D eigenvalue weighted by Crippen LogP contribution is 2.31. The number of aliphatic hydroxyl groups excluding tert-OH is 1. The molecule has 118 valence electrons. The van der Waals surface area contributed by atoms with Gasteiger partial charge in [-0.05, 0) is 50.7 Å². The molecule has 1 aromatic rings. The number of hydrogen-bond acceptors (Lipinski definition) is 3. The molecule has 1 aliphatic rings. The van der Waals surface area contributed by atoms with Crippen molar-refractivity contribution in [1.29, 1.82) is 0 Å². The molecule has 0 aliphatic heterocycles. The number of anilines is 1. The lowest BCUT2D eigenvalue weighted by molar-refractivity contribution is 0.280. The molecule has 3 nitrogen and oxygen atoms in total. The molecule has 1 fully saturated rings. The smallest absolute Gasteiger partial charge is 0.134 e. The number of pyridine rings is 1. The maximum Gasteiger partial charge on any atom is 0.134 e. The van der Waals surface area contributed by atoms with Crippen LogP contribution in [0.1, 0.15) is 62.8 Å². The quantitative estimate of drug-likeness (QED) is 0.860. The standard InChI is InChI=1S/C18H30N2O/c1-13(2)9-10-20(16-7-5-6-8-16)18-17(12-21)14(3)11-15(4)19-18/h11,13,16,21H,5-10,12H2,1-4H3. The first-order chi connectivity index (χ1) is 10.0. The molecule has 0 aromatic carbocycles. The number of aliphatic hydroxyl groups is 1. The van der Waals surface area contributed by atoms with Crippen LogP contribution in [0.5, 0.6) is 0 Å². The SMILES string of the molecule is Cc1cc(C)c(CO)c(N(CCC(C)C)C2CCCC2)n1. The Balaban J connectivity index is 2.34. The Bertz CT molecular complexity index is 465. The molecule has 2 rings (SSSR count). The molecule has 1 aliphatic carbocycles. The summed E-state index contributed by atoms with van der Waals surface area (Å²) in [6.45, 7) is 9.81. The molecular formula is C18H30N2O. The average Bonchev–Trinajstić information content (AvgIpc) is 2.92. The summed E-state index contributed by atoms with van der Waals surface area (Å²) in [7, 11) is 0. The van der Waals surface area contributed by atoms with Crippen molar-refractivity contribution in [2.24, 2.45) is 5.92 Å². The molecule has 1 heterocycles. The molecule has 0 amide bonds. The van der Waals surface area contributed by atoms with Crippen LogP contribution in [0.2, 0.25) is 0 Å². The van der Waals surface area contributed by atoms with Crippen LogP contribution in [0.15, 0.2) is 6.07 Å². The average molecular weight is 290 g/mol. The van der Waals surface area contributed by atoms with Crippen molar-refractivity contribution in [3.63, 3.8) is 0 Å². The van der Waals surface area contributed by atoms with Gasteiger partial charge in [0.1, 0.15) is 5.82 Å². The summed E-state index contributed by atoms with van der Waals surface area (Å²) in [5, 5.41) is 9.79. The number of aromatic nitrogens is 1. The highest BCUT2D eigenvalue weighted by atomic mass is 16.3. The van der Waals surface area contributed by atoms with Gasteiger partial charge < -0.3 is 10.0 Å². The predicted octanol–water partition coefficient (Wildman–Crippen LogP) is 3.99. The monoisotopic (exact) mass is 290 g/mol. The zero-order valence-electron chi connectivity index (χ0n) is 14.0. The van der Waals surface area contributed by atoms with Gasteiger partial charge in [-0.3, -0.25) is 0 Å². The Morgan fingerprint density at radius 1 is 1.29 bits per heavy atom. The van der Waals surface area contributed by atoms with Gasteiger partial charge in [-0.15, -0.1) is 0 Å². The van der Waals surface area contributed by atoms with Crippen molar-refractivity contribution < 1.29 is 5.11 Å². The van der Waals surface area contributed by atoms with Gasteiger partial charge in [-0.25, -0.2) is 4.98 Å². The fourth-order valence-electron chi connectivity index (χ4n) is 3.35. The van der Waals surface area contributed by atoms with Gasteiger partial charge in [-0.1, -0.05) is 26.7 Å². The maximum atomic E-state index is 9.79. The lowest BCUT2D eigenvalue weighted by atomic mass is 10.1. The van der Waals surface area contributed by atoms with Gasteiger partial charge in [0.25, 0.3) is 0 Å². The van der Waals surface area contributed by atoms with Crippen molar-refractivity contribution in [2.75, 3.05) is 11.4 Å². The van der Waals surface area contributed by atoms with Gasteiger partial charge in [0, 0.05) is 23.8 Å². The van der Waals surface area contributed by atoms with E-state index in [-0.39, 0.29) is 6.61 Å². The van der Waals surface area contributed by atoms with E-state index >= 15 is 0 Å². The summed E-state index contributed by atoms with van der Waals surface area (Å²) in [5.74, 6) is 1.72. The molecular weight excluding hydrogens is 260 g/mol. The van der Waals surface area contributed by atoms with Crippen LogP contribution in [-0.4, -0.2) is 22.7 Å². The molecule has 1 aromatic heterocycles. The van der Waals surface area contributed by atoms with Crippen LogP contribution in [0, 0.1) is 19.8 Å². The van der Waals surface area contributed by atoms with E-state index in [2.05, 4.69) is 31.7 Å². The molecule has 0 radical (unpaired) electrons. The van der Waals surface area contributed by atoms with Gasteiger partial charge in [0.2, 0.25) is 0 Å². The van der Waals surface area contributed by atoms with E-state index < -0.39 is 0 Å². The van der Waals surface area contributed by atoms with Crippen LogP contribution < -0.4 is 4.90 Å². The lowest BCUT2D eigenvalue weighted by Gasteiger charge is -2.33. The van der Waals surface area contributed by atoms with E-state index in [0.29, 0.717) is 12.0 Å². The van der Waals surface area contributed by atoms with Gasteiger partial charge in [0.15, 0.2) is 0 Å². The second kappa shape index (κ2) is 7.26. The zero-order chi connectivity index (χ0) is 15.4. The molecule has 1 N–H and O–H groups in total. The highest BCUT2D eigenvalue weighted by Gasteiger charge is 2.26. The fraction of sp³-hybridized carbons (Fsp3) is 0.722. The fourth-order valence-corrected chi connectivity index (χ4v) is 3.35. The number of rotatable bonds is 6. The molecule has 0 saturated heterocycles. The topological polar surface area (TPSA) is 36.4 Å². The zero-order valence-corrected chi connectivity index (χ0v) is 14.0. The van der Waals surface area contributed by atoms with E-state index in [4.69, 9.17) is 4.98 Å². The second-order valence-electron chi connectivity index (χ2n) is 6.86. The Morgan fingerprint density at radius 3 is 2.52 bits per heavy atom. The van der Waals surface area contributed by atoms with Crippen molar-refractivity contribution in [2.45, 2.75) is 72.4 Å². The number of hydrogen-bond donors (Lipinski definition) is 1. The minimum Gasteiger partial charge on any atom is -0.392 e. The van der Waals surface area contributed by atoms with Crippen LogP contribution in [0.25, 0.3) is 0 Å². The normalized spacial score (nSPS) is 15.9. The first-order valence-electron chi connectivity index (χ1n) is 8.37. The highest BCUT2D eigenvalue weighted by molar-refractivity contribution is 5.52. The van der Waals surface area contributed by atoms with Crippen LogP contribution in [0.4, 0.5) is 5.82 Å². The third-order valence-electron chi connectivity index (χ3n) is 4.60. The summed E-state index contributed by atoms with van der Waals surface area (Å²) >= 11 is 0. The summed E-state index contributed by atoms with van der Waals surface area (Å²) in [4.78, 5) is 7.28. The lowest BCUT2D eigenvalue weighted by Crippen LogP contribution is -2.36. The minimum absolute atomic E-state index is 0.0827. The Kier molecular flexibility index (Phi) is 5.63. The van der Waals surface area contributed by atoms with Crippen molar-refractivity contribution >= 4 is 5.82 Å². The largest absolute Gasteiger partial charge is 0.392 e. The third-order valence-corrected chi connectivity index (χ3v) is 4.60. The summed E-state index contributed by atoms with van der Waals surface area (Å²) in [6.07, 6.45) is 6.34. The maximum absolute atomic E-state index is 9.79. The molecule has 0 atom stereocenters. The van der Waals surface area contributed by atoms with Crippen molar-refractivity contribution in [3.05, 3.63) is 22.9 Å². The van der Waals surface area contributed by atoms with Gasteiger partial charge >= 0.3 is 0 Å². The third kappa shape index (κ3) is 3.97. The van der Waals surface area contributed by atoms with E-state index in [1.54, 1.807) is 0 Å². The minimum atomic E-state index is 0.0827. The number of nitrogens with zero attached hydrogens (tertiary/aromatic N) is 2. The van der Waals surface area contributed by atoms with Crippen LogP contribution >= 0.6 is 0 Å². The summed E-state index contributed by atoms with van der Waals surface area (Å²) in [6, 6.07) is 2.67. The summed E-state index contributed by atoms with van der Waals surface area (Å²) < 4.78 is 0. The first-order valence-corrected chi connectivity index (χ1v) is 8.37. The number of aryl methyl sites for hydroxylation is 2. The molecule has 21 heavy (non-hydrogen) atoms. The van der Waals surface area contributed by atoms with E-state index in [1.165, 1.54) is 32.1 Å². The van der Waals surface area contributed by atoms with Crippen LogP contribution in [-0.2, 0) is 6.61 Å². The van der Waals surface area contributed by atoms with E-state index in [0.717, 1.165) is 29.2 Å². The Labute approximate surface area is 129 Å². The van der Waals surface area contributed by atoms with Gasteiger partial charge in [-0.2, -0.15) is 0 Å². The van der Waals surface area contributed by atoms with Gasteiger partial charge in [0.05, 0.1) is 6.61 Å². The molecule has 3 heteroatoms. The van der Waals surface area contributed by atoms with Crippen molar-refractivity contribution in [1.82, 2.24) is 4.98 Å². The molecule has 0 bridgehead atoms. The van der Waals surface area contributed by atoms with Crippen molar-refractivity contribution in [3.8, 4) is 0 Å². The summed E-state index contributed by atoms with van der Waals surface area (Å²) in [5.41, 5.74) is 3.22. The van der Waals surface area contributed by atoms with Crippen LogP contribution in [0.3, 0.4) is 0 Å². The molecule has 0 spiro atoms. The first kappa shape index (κ1) is 16.3. The van der Waals surface area contributed by atoms with E-state index in [1.807, 2.05) is 6.92 Å². The Morgan fingerprint density at radius 2 is 1.95 bits per heavy atom. The Hall–Kier alpha value is -1.09. The molecule has 1 saturated carbocycles. The van der Waals surface area contributed by atoms with E-state index in [9.17, 15) is 5.11 Å². The molecule has 0 unspecified atom stereocenters. The second-order valence-corrected chi connectivity index (χ2v) is 6.86. The predicted molar refractivity (Wildman–Crippen MR) is 88.7 cm³/mol.